The second-order valence-electron chi connectivity index (χ2n) is 5.84. The van der Waals surface area contributed by atoms with Gasteiger partial charge in [-0.15, -0.1) is 0 Å². The van der Waals surface area contributed by atoms with Crippen LogP contribution in [0, 0.1) is 0 Å². The van der Waals surface area contributed by atoms with Crippen molar-refractivity contribution < 1.29 is 24.4 Å². The minimum Gasteiger partial charge on any atom is -0.444 e. The van der Waals surface area contributed by atoms with Crippen molar-refractivity contribution >= 4 is 19.3 Å². The van der Waals surface area contributed by atoms with Gasteiger partial charge in [0.05, 0.1) is 0 Å². The van der Waals surface area contributed by atoms with Gasteiger partial charge in [-0.3, -0.25) is 9.61 Å². The van der Waals surface area contributed by atoms with Crippen LogP contribution in [0.3, 0.4) is 0 Å². The molecule has 0 saturated heterocycles. The first kappa shape index (κ1) is 18.0. The van der Waals surface area contributed by atoms with E-state index in [2.05, 4.69) is 0 Å². The van der Waals surface area contributed by atoms with E-state index in [9.17, 15) is 19.6 Å². The molecule has 0 bridgehead atoms. The lowest BCUT2D eigenvalue weighted by Gasteiger charge is -2.31. The van der Waals surface area contributed by atoms with Crippen LogP contribution < -0.4 is 5.73 Å². The molecule has 1 aromatic rings. The van der Waals surface area contributed by atoms with E-state index >= 15 is 0 Å². The Hall–Kier alpha value is -2.06. The third-order valence-electron chi connectivity index (χ3n) is 2.79. The smallest absolute Gasteiger partial charge is 0.444 e. The lowest BCUT2D eigenvalue weighted by Crippen LogP contribution is -2.57. The standard InChI is InChI=1S/C14H21BN2O5/c1-14(2,3)22-13(19)17(15(20)21)11(12(16)18)9-10-7-5-4-6-8-10/h4-8,11,20-21H,9H2,1-3H3,(H2,16,18)/t11-/m0/s1. The first-order chi connectivity index (χ1) is 10.1. The molecule has 1 aromatic carbocycles. The molecule has 0 aromatic heterocycles. The van der Waals surface area contributed by atoms with Crippen molar-refractivity contribution in [3.63, 3.8) is 0 Å². The van der Waals surface area contributed by atoms with Crippen LogP contribution in [0.25, 0.3) is 0 Å². The quantitative estimate of drug-likeness (QED) is 0.677. The summed E-state index contributed by atoms with van der Waals surface area (Å²) in [6, 6.07) is 7.58. The topological polar surface area (TPSA) is 113 Å². The Morgan fingerprint density at radius 1 is 1.27 bits per heavy atom. The van der Waals surface area contributed by atoms with E-state index in [1.165, 1.54) is 0 Å². The van der Waals surface area contributed by atoms with Gasteiger partial charge >= 0.3 is 13.3 Å². The normalized spacial score (nSPS) is 12.4. The first-order valence-corrected chi connectivity index (χ1v) is 6.82. The number of primary amides is 1. The average molecular weight is 308 g/mol. The number of benzene rings is 1. The lowest BCUT2D eigenvalue weighted by molar-refractivity contribution is -0.122. The summed E-state index contributed by atoms with van der Waals surface area (Å²) in [7, 11) is -2.20. The number of nitrogens with two attached hydrogens (primary N) is 1. The largest absolute Gasteiger partial charge is 0.593 e. The van der Waals surface area contributed by atoms with E-state index in [0.717, 1.165) is 5.56 Å². The Kier molecular flexibility index (Phi) is 5.96. The summed E-state index contributed by atoms with van der Waals surface area (Å²) in [5, 5.41) is 18.9. The van der Waals surface area contributed by atoms with Crippen LogP contribution in [0.4, 0.5) is 4.79 Å². The summed E-state index contributed by atoms with van der Waals surface area (Å²) < 4.78 is 5.09. The summed E-state index contributed by atoms with van der Waals surface area (Å²) in [6.07, 6.45) is -0.977. The van der Waals surface area contributed by atoms with Crippen LogP contribution in [0.15, 0.2) is 30.3 Å². The summed E-state index contributed by atoms with van der Waals surface area (Å²) in [5.74, 6) is -0.859. The van der Waals surface area contributed by atoms with Crippen LogP contribution >= 0.6 is 0 Å². The maximum atomic E-state index is 12.1. The molecule has 0 saturated carbocycles. The molecule has 0 spiro atoms. The fourth-order valence-electron chi connectivity index (χ4n) is 1.87. The number of ether oxygens (including phenoxy) is 1. The summed E-state index contributed by atoms with van der Waals surface area (Å²) >= 11 is 0. The summed E-state index contributed by atoms with van der Waals surface area (Å²) in [5.41, 5.74) is 5.19. The number of carbonyl (C=O) groups excluding carboxylic acids is 2. The SMILES string of the molecule is CC(C)(C)OC(=O)N(B(O)O)[C@@H](Cc1ccccc1)C(N)=O. The van der Waals surface area contributed by atoms with Crippen molar-refractivity contribution in [3.8, 4) is 0 Å². The highest BCUT2D eigenvalue weighted by molar-refractivity contribution is 6.42. The van der Waals surface area contributed by atoms with Gasteiger partial charge in [-0.2, -0.15) is 0 Å². The Morgan fingerprint density at radius 3 is 2.23 bits per heavy atom. The van der Waals surface area contributed by atoms with Gasteiger partial charge < -0.3 is 20.5 Å². The molecule has 0 aliphatic heterocycles. The van der Waals surface area contributed by atoms with Crippen molar-refractivity contribution in [2.75, 3.05) is 0 Å². The highest BCUT2D eigenvalue weighted by Gasteiger charge is 2.39. The van der Waals surface area contributed by atoms with E-state index in [0.29, 0.717) is 4.81 Å². The molecule has 22 heavy (non-hydrogen) atoms. The maximum absolute atomic E-state index is 12.1. The number of hydrogen-bond acceptors (Lipinski definition) is 5. The Labute approximate surface area is 129 Å². The molecule has 0 heterocycles. The van der Waals surface area contributed by atoms with Crippen molar-refractivity contribution in [1.29, 1.82) is 0 Å². The number of carbonyl (C=O) groups is 2. The van der Waals surface area contributed by atoms with Gasteiger partial charge in [0.2, 0.25) is 5.91 Å². The van der Waals surface area contributed by atoms with Crippen LogP contribution in [-0.4, -0.2) is 45.8 Å². The second kappa shape index (κ2) is 7.28. The molecule has 0 fully saturated rings. The predicted molar refractivity (Wildman–Crippen MR) is 81.4 cm³/mol. The van der Waals surface area contributed by atoms with Crippen LogP contribution in [-0.2, 0) is 16.0 Å². The monoisotopic (exact) mass is 308 g/mol. The number of hydrogen-bond donors (Lipinski definition) is 3. The first-order valence-electron chi connectivity index (χ1n) is 6.82. The molecule has 2 amide bonds. The Bertz CT molecular complexity index is 516. The maximum Gasteiger partial charge on any atom is 0.593 e. The van der Waals surface area contributed by atoms with E-state index in [1.807, 2.05) is 0 Å². The zero-order valence-electron chi connectivity index (χ0n) is 12.9. The highest BCUT2D eigenvalue weighted by Crippen LogP contribution is 2.15. The van der Waals surface area contributed by atoms with Gasteiger partial charge in [0.25, 0.3) is 0 Å². The van der Waals surface area contributed by atoms with E-state index < -0.39 is 30.9 Å². The predicted octanol–water partition coefficient (Wildman–Crippen LogP) is 0.290. The zero-order valence-corrected chi connectivity index (χ0v) is 12.9. The molecule has 1 rings (SSSR count). The van der Waals surface area contributed by atoms with Gasteiger partial charge in [0, 0.05) is 6.42 Å². The number of rotatable bonds is 5. The third-order valence-corrected chi connectivity index (χ3v) is 2.79. The molecule has 7 nitrogen and oxygen atoms in total. The van der Waals surface area contributed by atoms with E-state index in [1.54, 1.807) is 51.1 Å². The highest BCUT2D eigenvalue weighted by atomic mass is 16.6. The molecule has 8 heteroatoms. The fraction of sp³-hybridized carbons (Fsp3) is 0.429. The minimum absolute atomic E-state index is 0.0486. The van der Waals surface area contributed by atoms with Crippen molar-refractivity contribution in [3.05, 3.63) is 35.9 Å². The molecule has 1 atom stereocenters. The molecule has 0 unspecified atom stereocenters. The third kappa shape index (κ3) is 5.38. The zero-order chi connectivity index (χ0) is 16.9. The summed E-state index contributed by atoms with van der Waals surface area (Å²) in [4.78, 5) is 24.3. The Morgan fingerprint density at radius 2 is 1.82 bits per heavy atom. The molecular weight excluding hydrogens is 287 g/mol. The molecule has 120 valence electrons. The van der Waals surface area contributed by atoms with Gasteiger partial charge in [-0.05, 0) is 26.3 Å². The van der Waals surface area contributed by atoms with Gasteiger partial charge in [0.1, 0.15) is 11.6 Å². The fourth-order valence-corrected chi connectivity index (χ4v) is 1.87. The van der Waals surface area contributed by atoms with Crippen LogP contribution in [0.1, 0.15) is 26.3 Å². The number of amides is 2. The van der Waals surface area contributed by atoms with E-state index in [4.69, 9.17) is 10.5 Å². The Balaban J connectivity index is 3.02. The van der Waals surface area contributed by atoms with Crippen molar-refractivity contribution in [2.24, 2.45) is 5.73 Å². The molecule has 0 aliphatic carbocycles. The van der Waals surface area contributed by atoms with Crippen molar-refractivity contribution in [1.82, 2.24) is 4.81 Å². The van der Waals surface area contributed by atoms with Crippen molar-refractivity contribution in [2.45, 2.75) is 38.8 Å². The summed E-state index contributed by atoms with van der Waals surface area (Å²) in [6.45, 7) is 4.88. The molecule has 0 aliphatic rings. The molecule has 0 radical (unpaired) electrons. The van der Waals surface area contributed by atoms with Crippen LogP contribution in [0.2, 0.25) is 0 Å². The average Bonchev–Trinajstić information content (AvgIpc) is 2.36. The molecule has 4 N–H and O–H groups in total. The number of nitrogens with zero attached hydrogens (tertiary/aromatic N) is 1. The van der Waals surface area contributed by atoms with Gasteiger partial charge in [-0.25, -0.2) is 4.79 Å². The minimum atomic E-state index is -2.20. The second-order valence-corrected chi connectivity index (χ2v) is 5.84. The van der Waals surface area contributed by atoms with Gasteiger partial charge in [0.15, 0.2) is 0 Å². The van der Waals surface area contributed by atoms with Gasteiger partial charge in [-0.1, -0.05) is 30.3 Å². The van der Waals surface area contributed by atoms with E-state index in [-0.39, 0.29) is 6.42 Å². The lowest BCUT2D eigenvalue weighted by atomic mass is 9.96. The molecular formula is C14H21BN2O5. The van der Waals surface area contributed by atoms with Crippen LogP contribution in [0.5, 0.6) is 0 Å².